The summed E-state index contributed by atoms with van der Waals surface area (Å²) in [4.78, 5) is 0. The van der Waals surface area contributed by atoms with E-state index < -0.39 is 11.6 Å². The van der Waals surface area contributed by atoms with Gasteiger partial charge >= 0.3 is 0 Å². The van der Waals surface area contributed by atoms with E-state index in [1.165, 1.54) is 18.9 Å². The second-order valence-corrected chi connectivity index (χ2v) is 4.89. The Morgan fingerprint density at radius 3 is 2.65 bits per heavy atom. The van der Waals surface area contributed by atoms with Crippen molar-refractivity contribution in [3.05, 3.63) is 53.5 Å². The molecule has 106 valence electrons. The molecule has 0 atom stereocenters. The van der Waals surface area contributed by atoms with Crippen molar-refractivity contribution < 1.29 is 17.9 Å². The van der Waals surface area contributed by atoms with Crippen LogP contribution in [0.25, 0.3) is 0 Å². The summed E-state index contributed by atoms with van der Waals surface area (Å²) < 4.78 is 36.7. The molecule has 1 aliphatic rings. The third-order valence-electron chi connectivity index (χ3n) is 3.13. The second kappa shape index (κ2) is 5.63. The van der Waals surface area contributed by atoms with E-state index in [-0.39, 0.29) is 12.4 Å². The quantitative estimate of drug-likeness (QED) is 0.880. The molecule has 3 nitrogen and oxygen atoms in total. The fourth-order valence-electron chi connectivity index (χ4n) is 1.85. The zero-order chi connectivity index (χ0) is 13.9. The van der Waals surface area contributed by atoms with Gasteiger partial charge in [-0.15, -0.1) is 0 Å². The highest BCUT2D eigenvalue weighted by Gasteiger charge is 2.20. The zero-order valence-corrected chi connectivity index (χ0v) is 10.9. The van der Waals surface area contributed by atoms with Crippen LogP contribution in [-0.4, -0.2) is 6.04 Å². The lowest BCUT2D eigenvalue weighted by Crippen LogP contribution is -2.14. The van der Waals surface area contributed by atoms with E-state index in [0.717, 1.165) is 17.9 Å². The number of hydrogen-bond donors (Lipinski definition) is 1. The maximum absolute atomic E-state index is 13.0. The van der Waals surface area contributed by atoms with Crippen molar-refractivity contribution >= 4 is 0 Å². The van der Waals surface area contributed by atoms with Gasteiger partial charge in [0.1, 0.15) is 23.9 Å². The van der Waals surface area contributed by atoms with Crippen molar-refractivity contribution in [1.29, 1.82) is 0 Å². The molecular weight excluding hydrogens is 264 g/mol. The Bertz CT molecular complexity index is 593. The highest BCUT2D eigenvalue weighted by molar-refractivity contribution is 5.23. The monoisotopic (exact) mass is 279 g/mol. The first-order valence-corrected chi connectivity index (χ1v) is 6.59. The Morgan fingerprint density at radius 1 is 1.10 bits per heavy atom. The minimum absolute atomic E-state index is 0.189. The molecule has 0 aliphatic heterocycles. The van der Waals surface area contributed by atoms with E-state index in [9.17, 15) is 8.78 Å². The smallest absolute Gasteiger partial charge is 0.162 e. The summed E-state index contributed by atoms with van der Waals surface area (Å²) in [6.45, 7) is 0.893. The molecule has 0 spiro atoms. The maximum atomic E-state index is 13.0. The lowest BCUT2D eigenvalue weighted by atomic mass is 10.3. The summed E-state index contributed by atoms with van der Waals surface area (Å²) in [5, 5.41) is 3.35. The van der Waals surface area contributed by atoms with Crippen molar-refractivity contribution in [2.24, 2.45) is 0 Å². The molecule has 0 radical (unpaired) electrons. The molecule has 1 heterocycles. The molecule has 1 aliphatic carbocycles. The van der Waals surface area contributed by atoms with Gasteiger partial charge in [0.05, 0.1) is 6.54 Å². The molecular formula is C15H15F2NO2. The Hall–Kier alpha value is -1.88. The van der Waals surface area contributed by atoms with E-state index in [1.54, 1.807) is 0 Å². The molecule has 0 bridgehead atoms. The molecule has 0 amide bonds. The van der Waals surface area contributed by atoms with Gasteiger partial charge in [0.2, 0.25) is 0 Å². The van der Waals surface area contributed by atoms with Crippen molar-refractivity contribution in [3.63, 3.8) is 0 Å². The van der Waals surface area contributed by atoms with Gasteiger partial charge in [-0.25, -0.2) is 8.78 Å². The van der Waals surface area contributed by atoms with Crippen LogP contribution in [0.1, 0.15) is 24.4 Å². The van der Waals surface area contributed by atoms with Gasteiger partial charge in [0.15, 0.2) is 11.6 Å². The topological polar surface area (TPSA) is 34.4 Å². The van der Waals surface area contributed by atoms with Crippen LogP contribution in [-0.2, 0) is 13.2 Å². The molecule has 5 heteroatoms. The van der Waals surface area contributed by atoms with Crippen molar-refractivity contribution in [3.8, 4) is 5.75 Å². The van der Waals surface area contributed by atoms with Crippen LogP contribution in [0.3, 0.4) is 0 Å². The highest BCUT2D eigenvalue weighted by atomic mass is 19.2. The average molecular weight is 279 g/mol. The standard InChI is InChI=1S/C15H15F2NO2/c16-14-6-5-11(7-15(14)17)19-9-13-4-3-12(20-13)8-18-10-1-2-10/h3-7,10,18H,1-2,8-9H2. The van der Waals surface area contributed by atoms with Crippen LogP contribution < -0.4 is 10.1 Å². The maximum Gasteiger partial charge on any atom is 0.162 e. The lowest BCUT2D eigenvalue weighted by Gasteiger charge is -2.04. The average Bonchev–Trinajstić information content (AvgIpc) is 3.16. The van der Waals surface area contributed by atoms with Gasteiger partial charge in [-0.1, -0.05) is 0 Å². The summed E-state index contributed by atoms with van der Waals surface area (Å²) >= 11 is 0. The van der Waals surface area contributed by atoms with E-state index in [4.69, 9.17) is 9.15 Å². The zero-order valence-electron chi connectivity index (χ0n) is 10.9. The number of nitrogens with one attached hydrogen (secondary N) is 1. The number of rotatable bonds is 6. The number of furan rings is 1. The fourth-order valence-corrected chi connectivity index (χ4v) is 1.85. The molecule has 3 rings (SSSR count). The van der Waals surface area contributed by atoms with E-state index in [2.05, 4.69) is 5.32 Å². The number of halogens is 2. The molecule has 1 aromatic heterocycles. The molecule has 20 heavy (non-hydrogen) atoms. The number of hydrogen-bond acceptors (Lipinski definition) is 3. The van der Waals surface area contributed by atoms with Gasteiger partial charge < -0.3 is 14.5 Å². The van der Waals surface area contributed by atoms with E-state index in [0.29, 0.717) is 18.3 Å². The first-order chi connectivity index (χ1) is 9.70. The first kappa shape index (κ1) is 13.1. The molecule has 1 saturated carbocycles. The Balaban J connectivity index is 1.53. The van der Waals surface area contributed by atoms with Gasteiger partial charge in [-0.2, -0.15) is 0 Å². The highest BCUT2D eigenvalue weighted by Crippen LogP contribution is 2.20. The minimum Gasteiger partial charge on any atom is -0.486 e. The van der Waals surface area contributed by atoms with Gasteiger partial charge in [-0.3, -0.25) is 0 Å². The van der Waals surface area contributed by atoms with Crippen LogP contribution in [0.15, 0.2) is 34.7 Å². The van der Waals surface area contributed by atoms with Crippen LogP contribution in [0.2, 0.25) is 0 Å². The Morgan fingerprint density at radius 2 is 1.90 bits per heavy atom. The Kier molecular flexibility index (Phi) is 3.69. The lowest BCUT2D eigenvalue weighted by molar-refractivity contribution is 0.263. The van der Waals surface area contributed by atoms with Gasteiger partial charge in [0.25, 0.3) is 0 Å². The third kappa shape index (κ3) is 3.36. The predicted octanol–water partition coefficient (Wildman–Crippen LogP) is 3.39. The van der Waals surface area contributed by atoms with Crippen molar-refractivity contribution in [2.45, 2.75) is 32.0 Å². The van der Waals surface area contributed by atoms with Crippen LogP contribution in [0, 0.1) is 11.6 Å². The SMILES string of the molecule is Fc1ccc(OCc2ccc(CNC3CC3)o2)cc1F. The summed E-state index contributed by atoms with van der Waals surface area (Å²) in [6.07, 6.45) is 2.46. The molecule has 2 aromatic rings. The molecule has 1 fully saturated rings. The molecule has 0 unspecified atom stereocenters. The van der Waals surface area contributed by atoms with Crippen LogP contribution in [0.4, 0.5) is 8.78 Å². The first-order valence-electron chi connectivity index (χ1n) is 6.59. The molecule has 1 aromatic carbocycles. The van der Waals surface area contributed by atoms with Crippen molar-refractivity contribution in [1.82, 2.24) is 5.32 Å². The third-order valence-corrected chi connectivity index (χ3v) is 3.13. The van der Waals surface area contributed by atoms with Crippen LogP contribution >= 0.6 is 0 Å². The number of benzene rings is 1. The summed E-state index contributed by atoms with van der Waals surface area (Å²) in [5.41, 5.74) is 0. The van der Waals surface area contributed by atoms with Gasteiger partial charge in [-0.05, 0) is 37.1 Å². The fraction of sp³-hybridized carbons (Fsp3) is 0.333. The minimum atomic E-state index is -0.920. The largest absolute Gasteiger partial charge is 0.486 e. The summed E-state index contributed by atoms with van der Waals surface area (Å²) in [7, 11) is 0. The van der Waals surface area contributed by atoms with Crippen molar-refractivity contribution in [2.75, 3.05) is 0 Å². The molecule has 1 N–H and O–H groups in total. The predicted molar refractivity (Wildman–Crippen MR) is 69.3 cm³/mol. The van der Waals surface area contributed by atoms with Crippen LogP contribution in [0.5, 0.6) is 5.75 Å². The number of ether oxygens (including phenoxy) is 1. The van der Waals surface area contributed by atoms with E-state index in [1.807, 2.05) is 12.1 Å². The Labute approximate surface area is 115 Å². The van der Waals surface area contributed by atoms with E-state index >= 15 is 0 Å². The van der Waals surface area contributed by atoms with Gasteiger partial charge in [0, 0.05) is 12.1 Å². The summed E-state index contributed by atoms with van der Waals surface area (Å²) in [6, 6.07) is 7.79. The summed E-state index contributed by atoms with van der Waals surface area (Å²) in [5.74, 6) is -0.0267. The normalized spacial score (nSPS) is 14.5. The second-order valence-electron chi connectivity index (χ2n) is 4.89. The molecule has 0 saturated heterocycles.